The zero-order valence-corrected chi connectivity index (χ0v) is 15.2. The molecule has 1 atom stereocenters. The van der Waals surface area contributed by atoms with Crippen LogP contribution in [-0.2, 0) is 14.2 Å². The second-order valence-corrected chi connectivity index (χ2v) is 6.92. The van der Waals surface area contributed by atoms with Crippen molar-refractivity contribution < 1.29 is 19.0 Å². The van der Waals surface area contributed by atoms with E-state index in [9.17, 15) is 4.79 Å². The average molecular weight is 358 g/mol. The number of benzene rings is 1. The number of amides is 1. The molecule has 0 radical (unpaired) electrons. The third-order valence-electron chi connectivity index (χ3n) is 5.14. The highest BCUT2D eigenvalue weighted by molar-refractivity contribution is 5.89. The molecule has 6 heteroatoms. The molecule has 1 saturated carbocycles. The molecule has 0 spiro atoms. The van der Waals surface area contributed by atoms with Crippen LogP contribution < -0.4 is 4.90 Å². The number of nitrogens with zero attached hydrogens (tertiary/aromatic N) is 2. The lowest BCUT2D eigenvalue weighted by atomic mass is 9.82. The summed E-state index contributed by atoms with van der Waals surface area (Å²) in [6.45, 7) is 1.48. The number of carbonyl (C=O) groups excluding carboxylic acids is 1. The molecule has 1 aromatic carbocycles. The minimum absolute atomic E-state index is 0.205. The van der Waals surface area contributed by atoms with Gasteiger partial charge in [0, 0.05) is 12.8 Å². The standard InChI is InChI=1S/C20H26N2O4/c1-24-14-19-13-22(20(23)26-19)17-7-3-15(4-8-17)16-5-9-18(10-6-16)25-12-2-11-21/h3-4,7-8,16,18-19H,2,5-6,9-10,12-14H2,1H3. The van der Waals surface area contributed by atoms with E-state index in [1.54, 1.807) is 12.0 Å². The Bertz CT molecular complexity index is 632. The van der Waals surface area contributed by atoms with Gasteiger partial charge in [0.1, 0.15) is 6.10 Å². The Hall–Kier alpha value is -2.10. The molecule has 1 unspecified atom stereocenters. The first-order valence-corrected chi connectivity index (χ1v) is 9.27. The van der Waals surface area contributed by atoms with Gasteiger partial charge in [-0.3, -0.25) is 4.90 Å². The van der Waals surface area contributed by atoms with Crippen molar-refractivity contribution in [2.75, 3.05) is 31.8 Å². The van der Waals surface area contributed by atoms with E-state index in [2.05, 4.69) is 18.2 Å². The van der Waals surface area contributed by atoms with Crippen molar-refractivity contribution in [2.24, 2.45) is 0 Å². The largest absolute Gasteiger partial charge is 0.441 e. The molecular weight excluding hydrogens is 332 g/mol. The fraction of sp³-hybridized carbons (Fsp3) is 0.600. The second kappa shape index (κ2) is 9.02. The maximum Gasteiger partial charge on any atom is 0.414 e. The number of nitriles is 1. The summed E-state index contributed by atoms with van der Waals surface area (Å²) >= 11 is 0. The van der Waals surface area contributed by atoms with Gasteiger partial charge >= 0.3 is 6.09 Å². The fourth-order valence-electron chi connectivity index (χ4n) is 3.77. The molecule has 0 aromatic heterocycles. The number of carbonyl (C=O) groups is 1. The van der Waals surface area contributed by atoms with E-state index in [0.717, 1.165) is 31.4 Å². The highest BCUT2D eigenvalue weighted by Crippen LogP contribution is 2.35. The van der Waals surface area contributed by atoms with E-state index in [0.29, 0.717) is 32.1 Å². The molecule has 2 aliphatic rings. The lowest BCUT2D eigenvalue weighted by molar-refractivity contribution is 0.0280. The van der Waals surface area contributed by atoms with Gasteiger partial charge in [-0.1, -0.05) is 12.1 Å². The number of rotatable bonds is 7. The van der Waals surface area contributed by atoms with Crippen LogP contribution in [0.5, 0.6) is 0 Å². The monoisotopic (exact) mass is 358 g/mol. The highest BCUT2D eigenvalue weighted by atomic mass is 16.6. The smallest absolute Gasteiger partial charge is 0.414 e. The van der Waals surface area contributed by atoms with Crippen LogP contribution in [0.1, 0.15) is 43.6 Å². The summed E-state index contributed by atoms with van der Waals surface area (Å²) < 4.78 is 16.1. The van der Waals surface area contributed by atoms with Crippen LogP contribution in [-0.4, -0.2) is 45.2 Å². The van der Waals surface area contributed by atoms with Crippen LogP contribution in [0, 0.1) is 11.3 Å². The molecule has 1 heterocycles. The predicted octanol–water partition coefficient (Wildman–Crippen LogP) is 3.61. The molecule has 26 heavy (non-hydrogen) atoms. The van der Waals surface area contributed by atoms with Crippen molar-refractivity contribution in [1.82, 2.24) is 0 Å². The molecule has 1 aromatic rings. The van der Waals surface area contributed by atoms with Crippen molar-refractivity contribution in [3.63, 3.8) is 0 Å². The summed E-state index contributed by atoms with van der Waals surface area (Å²) in [5.41, 5.74) is 2.18. The molecule has 1 aliphatic heterocycles. The van der Waals surface area contributed by atoms with Crippen LogP contribution >= 0.6 is 0 Å². The van der Waals surface area contributed by atoms with Gasteiger partial charge in [-0.25, -0.2) is 4.79 Å². The maximum atomic E-state index is 12.0. The van der Waals surface area contributed by atoms with Gasteiger partial charge in [-0.05, 0) is 49.3 Å². The fourth-order valence-corrected chi connectivity index (χ4v) is 3.77. The molecule has 1 aliphatic carbocycles. The third kappa shape index (κ3) is 4.54. The predicted molar refractivity (Wildman–Crippen MR) is 97.1 cm³/mol. The van der Waals surface area contributed by atoms with Crippen molar-refractivity contribution in [3.8, 4) is 6.07 Å². The van der Waals surface area contributed by atoms with Crippen molar-refractivity contribution in [2.45, 2.75) is 50.2 Å². The summed E-state index contributed by atoms with van der Waals surface area (Å²) in [6, 6.07) is 10.4. The number of anilines is 1. The van der Waals surface area contributed by atoms with Crippen molar-refractivity contribution in [3.05, 3.63) is 29.8 Å². The van der Waals surface area contributed by atoms with Crippen LogP contribution in [0.15, 0.2) is 24.3 Å². The van der Waals surface area contributed by atoms with Gasteiger partial charge in [0.2, 0.25) is 0 Å². The van der Waals surface area contributed by atoms with Crippen molar-refractivity contribution >= 4 is 11.8 Å². The van der Waals surface area contributed by atoms with Gasteiger partial charge in [-0.2, -0.15) is 5.26 Å². The lowest BCUT2D eigenvalue weighted by Gasteiger charge is -2.29. The first-order chi connectivity index (χ1) is 12.7. The number of hydrogen-bond donors (Lipinski definition) is 0. The van der Waals surface area contributed by atoms with Crippen LogP contribution in [0.25, 0.3) is 0 Å². The number of methoxy groups -OCH3 is 1. The van der Waals surface area contributed by atoms with E-state index < -0.39 is 0 Å². The molecule has 2 fully saturated rings. The molecule has 6 nitrogen and oxygen atoms in total. The number of ether oxygens (including phenoxy) is 3. The molecule has 1 saturated heterocycles. The van der Waals surface area contributed by atoms with Crippen LogP contribution in [0.3, 0.4) is 0 Å². The molecule has 1 amide bonds. The average Bonchev–Trinajstić information content (AvgIpc) is 3.03. The van der Waals surface area contributed by atoms with Crippen LogP contribution in [0.4, 0.5) is 10.5 Å². The van der Waals surface area contributed by atoms with E-state index >= 15 is 0 Å². The Morgan fingerprint density at radius 1 is 1.23 bits per heavy atom. The summed E-state index contributed by atoms with van der Waals surface area (Å²) in [6.07, 6.45) is 4.50. The Morgan fingerprint density at radius 2 is 1.96 bits per heavy atom. The Labute approximate surface area is 154 Å². The Kier molecular flexibility index (Phi) is 6.48. The summed E-state index contributed by atoms with van der Waals surface area (Å²) in [5.74, 6) is 0.534. The first kappa shape index (κ1) is 18.7. The molecular formula is C20H26N2O4. The number of cyclic esters (lactones) is 1. The van der Waals surface area contributed by atoms with Gasteiger partial charge in [-0.15, -0.1) is 0 Å². The Balaban J connectivity index is 1.52. The minimum Gasteiger partial charge on any atom is -0.441 e. The molecule has 0 N–H and O–H groups in total. The molecule has 3 rings (SSSR count). The highest BCUT2D eigenvalue weighted by Gasteiger charge is 2.32. The zero-order chi connectivity index (χ0) is 18.4. The lowest BCUT2D eigenvalue weighted by Crippen LogP contribution is -2.25. The van der Waals surface area contributed by atoms with Gasteiger partial charge in [0.15, 0.2) is 0 Å². The quantitative estimate of drug-likeness (QED) is 0.696. The molecule has 140 valence electrons. The second-order valence-electron chi connectivity index (χ2n) is 6.92. The van der Waals surface area contributed by atoms with E-state index in [4.69, 9.17) is 19.5 Å². The van der Waals surface area contributed by atoms with E-state index in [-0.39, 0.29) is 18.3 Å². The Morgan fingerprint density at radius 3 is 2.62 bits per heavy atom. The van der Waals surface area contributed by atoms with Gasteiger partial charge in [0.05, 0.1) is 38.4 Å². The SMILES string of the molecule is COCC1CN(c2ccc(C3CCC(OCCC#N)CC3)cc2)C(=O)O1. The topological polar surface area (TPSA) is 71.8 Å². The van der Waals surface area contributed by atoms with Gasteiger partial charge < -0.3 is 14.2 Å². The minimum atomic E-state index is -0.310. The maximum absolute atomic E-state index is 12.0. The van der Waals surface area contributed by atoms with Gasteiger partial charge in [0.25, 0.3) is 0 Å². The number of hydrogen-bond acceptors (Lipinski definition) is 5. The normalized spacial score (nSPS) is 25.8. The third-order valence-corrected chi connectivity index (χ3v) is 5.14. The summed E-state index contributed by atoms with van der Waals surface area (Å²) in [5, 5.41) is 8.58. The van der Waals surface area contributed by atoms with Crippen molar-refractivity contribution in [1.29, 1.82) is 5.26 Å². The first-order valence-electron chi connectivity index (χ1n) is 9.27. The van der Waals surface area contributed by atoms with E-state index in [1.807, 2.05) is 12.1 Å². The summed E-state index contributed by atoms with van der Waals surface area (Å²) in [4.78, 5) is 13.7. The molecule has 0 bridgehead atoms. The van der Waals surface area contributed by atoms with Crippen LogP contribution in [0.2, 0.25) is 0 Å². The summed E-state index contributed by atoms with van der Waals surface area (Å²) in [7, 11) is 1.61. The zero-order valence-electron chi connectivity index (χ0n) is 15.2. The van der Waals surface area contributed by atoms with E-state index in [1.165, 1.54) is 5.56 Å².